The van der Waals surface area contributed by atoms with Crippen molar-refractivity contribution in [3.63, 3.8) is 0 Å². The molecule has 0 bridgehead atoms. The minimum atomic E-state index is 0.115. The zero-order chi connectivity index (χ0) is 12.3. The third kappa shape index (κ3) is 2.62. The number of thioether (sulfide) groups is 2. The normalized spacial score (nSPS) is 18.7. The molecule has 2 heterocycles. The fourth-order valence-corrected chi connectivity index (χ4v) is 5.59. The molecule has 0 N–H and O–H groups in total. The van der Waals surface area contributed by atoms with Crippen LogP contribution in [0.4, 0.5) is 0 Å². The second kappa shape index (κ2) is 5.70. The number of rotatable bonds is 3. The second-order valence-electron chi connectivity index (χ2n) is 4.10. The fourth-order valence-electron chi connectivity index (χ4n) is 2.05. The lowest BCUT2D eigenvalue weighted by Gasteiger charge is -2.36. The van der Waals surface area contributed by atoms with Gasteiger partial charge in [0.1, 0.15) is 0 Å². The summed E-state index contributed by atoms with van der Waals surface area (Å²) >= 11 is 5.66. The highest BCUT2D eigenvalue weighted by molar-refractivity contribution is 8.17. The highest BCUT2D eigenvalue weighted by Gasteiger charge is 2.36. The van der Waals surface area contributed by atoms with Gasteiger partial charge in [-0.25, -0.2) is 0 Å². The Kier molecular flexibility index (Phi) is 3.99. The number of hydrogen-bond acceptors (Lipinski definition) is 4. The van der Waals surface area contributed by atoms with E-state index in [1.165, 1.54) is 10.4 Å². The number of ether oxygens (including phenoxy) is 1. The number of thiophene rings is 1. The first-order valence-corrected chi connectivity index (χ1v) is 8.68. The van der Waals surface area contributed by atoms with Crippen LogP contribution >= 0.6 is 34.9 Å². The van der Waals surface area contributed by atoms with E-state index in [1.807, 2.05) is 34.9 Å². The maximum atomic E-state index is 5.49. The Morgan fingerprint density at radius 3 is 2.44 bits per heavy atom. The van der Waals surface area contributed by atoms with Crippen molar-refractivity contribution >= 4 is 34.9 Å². The molecule has 1 fully saturated rings. The molecule has 0 unspecified atom stereocenters. The van der Waals surface area contributed by atoms with E-state index in [0.717, 1.165) is 18.3 Å². The van der Waals surface area contributed by atoms with Gasteiger partial charge in [0.15, 0.2) is 0 Å². The van der Waals surface area contributed by atoms with Crippen LogP contribution in [0, 0.1) is 0 Å². The second-order valence-corrected chi connectivity index (χ2v) is 7.84. The zero-order valence-electron chi connectivity index (χ0n) is 9.87. The van der Waals surface area contributed by atoms with Gasteiger partial charge in [0, 0.05) is 11.3 Å². The predicted octanol–water partition coefficient (Wildman–Crippen LogP) is 4.56. The highest BCUT2D eigenvalue weighted by atomic mass is 32.2. The van der Waals surface area contributed by atoms with Gasteiger partial charge in [-0.3, -0.25) is 0 Å². The maximum Gasteiger partial charge on any atom is 0.0953 e. The van der Waals surface area contributed by atoms with Crippen LogP contribution in [0.3, 0.4) is 0 Å². The SMILES string of the molecule is c1ccc(C2(Cc3cccs3)SCOCS2)cc1. The van der Waals surface area contributed by atoms with Crippen LogP contribution in [-0.2, 0) is 15.2 Å². The van der Waals surface area contributed by atoms with Crippen molar-refractivity contribution in [2.75, 3.05) is 11.9 Å². The molecule has 1 aromatic heterocycles. The molecule has 0 saturated carbocycles. The molecule has 4 heteroatoms. The van der Waals surface area contributed by atoms with E-state index in [4.69, 9.17) is 4.74 Å². The third-order valence-corrected chi connectivity index (χ3v) is 6.80. The molecule has 3 rings (SSSR count). The zero-order valence-corrected chi connectivity index (χ0v) is 12.3. The molecule has 0 atom stereocenters. The Morgan fingerprint density at radius 2 is 1.78 bits per heavy atom. The average molecular weight is 294 g/mol. The quantitative estimate of drug-likeness (QED) is 0.821. The summed E-state index contributed by atoms with van der Waals surface area (Å²) in [7, 11) is 0. The first kappa shape index (κ1) is 12.6. The third-order valence-electron chi connectivity index (χ3n) is 2.95. The number of hydrogen-bond donors (Lipinski definition) is 0. The molecule has 1 aromatic carbocycles. The Hall–Kier alpha value is -0.420. The summed E-state index contributed by atoms with van der Waals surface area (Å²) in [6, 6.07) is 15.2. The minimum absolute atomic E-state index is 0.115. The topological polar surface area (TPSA) is 9.23 Å². The van der Waals surface area contributed by atoms with Crippen molar-refractivity contribution in [3.8, 4) is 0 Å². The molecule has 94 valence electrons. The van der Waals surface area contributed by atoms with Crippen LogP contribution in [0.2, 0.25) is 0 Å². The highest BCUT2D eigenvalue weighted by Crippen LogP contribution is 2.51. The van der Waals surface area contributed by atoms with Gasteiger partial charge in [-0.05, 0) is 17.0 Å². The smallest absolute Gasteiger partial charge is 0.0953 e. The Balaban J connectivity index is 1.93. The van der Waals surface area contributed by atoms with E-state index in [9.17, 15) is 0 Å². The van der Waals surface area contributed by atoms with Gasteiger partial charge < -0.3 is 4.74 Å². The summed E-state index contributed by atoms with van der Waals surface area (Å²) in [5.41, 5.74) is 1.40. The average Bonchev–Trinajstić information content (AvgIpc) is 2.94. The van der Waals surface area contributed by atoms with Crippen molar-refractivity contribution in [3.05, 3.63) is 58.3 Å². The maximum absolute atomic E-state index is 5.49. The summed E-state index contributed by atoms with van der Waals surface area (Å²) < 4.78 is 5.61. The molecule has 0 amide bonds. The minimum Gasteiger partial charge on any atom is -0.360 e. The summed E-state index contributed by atoms with van der Waals surface area (Å²) in [5.74, 6) is 1.57. The largest absolute Gasteiger partial charge is 0.360 e. The van der Waals surface area contributed by atoms with Crippen molar-refractivity contribution < 1.29 is 4.74 Å². The lowest BCUT2D eigenvalue weighted by molar-refractivity contribution is 0.235. The summed E-state index contributed by atoms with van der Waals surface area (Å²) in [5, 5.41) is 2.16. The van der Waals surface area contributed by atoms with E-state index in [2.05, 4.69) is 47.8 Å². The van der Waals surface area contributed by atoms with Gasteiger partial charge in [-0.2, -0.15) is 0 Å². The first-order chi connectivity index (χ1) is 8.89. The first-order valence-electron chi connectivity index (χ1n) is 5.83. The van der Waals surface area contributed by atoms with E-state index in [1.54, 1.807) is 0 Å². The van der Waals surface area contributed by atoms with E-state index < -0.39 is 0 Å². The summed E-state index contributed by atoms with van der Waals surface area (Å²) in [6.45, 7) is 0. The van der Waals surface area contributed by atoms with Crippen molar-refractivity contribution in [2.45, 2.75) is 10.5 Å². The lowest BCUT2D eigenvalue weighted by atomic mass is 10.1. The van der Waals surface area contributed by atoms with Crippen molar-refractivity contribution in [1.29, 1.82) is 0 Å². The van der Waals surface area contributed by atoms with Gasteiger partial charge in [-0.1, -0.05) is 36.4 Å². The predicted molar refractivity (Wildman–Crippen MR) is 82.1 cm³/mol. The Bertz CT molecular complexity index is 475. The fraction of sp³-hybridized carbons (Fsp3) is 0.286. The molecule has 0 spiro atoms. The van der Waals surface area contributed by atoms with Crippen LogP contribution in [0.5, 0.6) is 0 Å². The monoisotopic (exact) mass is 294 g/mol. The Labute approximate surface area is 120 Å². The van der Waals surface area contributed by atoms with Crippen LogP contribution < -0.4 is 0 Å². The summed E-state index contributed by atoms with van der Waals surface area (Å²) in [4.78, 5) is 1.45. The number of benzene rings is 1. The van der Waals surface area contributed by atoms with E-state index in [-0.39, 0.29) is 4.08 Å². The molecule has 1 nitrogen and oxygen atoms in total. The summed E-state index contributed by atoms with van der Waals surface area (Å²) in [6.07, 6.45) is 1.08. The van der Waals surface area contributed by atoms with Gasteiger partial charge in [0.2, 0.25) is 0 Å². The van der Waals surface area contributed by atoms with Crippen LogP contribution in [0.1, 0.15) is 10.4 Å². The van der Waals surface area contributed by atoms with Gasteiger partial charge in [0.05, 0.1) is 16.0 Å². The van der Waals surface area contributed by atoms with Crippen LogP contribution in [0.15, 0.2) is 47.8 Å². The molecular weight excluding hydrogens is 280 g/mol. The molecule has 1 saturated heterocycles. The van der Waals surface area contributed by atoms with E-state index >= 15 is 0 Å². The Morgan fingerprint density at radius 1 is 1.00 bits per heavy atom. The van der Waals surface area contributed by atoms with Gasteiger partial charge in [0.25, 0.3) is 0 Å². The van der Waals surface area contributed by atoms with E-state index in [0.29, 0.717) is 0 Å². The molecule has 2 aromatic rings. The molecule has 18 heavy (non-hydrogen) atoms. The lowest BCUT2D eigenvalue weighted by Crippen LogP contribution is -2.26. The van der Waals surface area contributed by atoms with Crippen LogP contribution in [-0.4, -0.2) is 11.9 Å². The van der Waals surface area contributed by atoms with Crippen molar-refractivity contribution in [2.24, 2.45) is 0 Å². The van der Waals surface area contributed by atoms with Gasteiger partial charge >= 0.3 is 0 Å². The van der Waals surface area contributed by atoms with Gasteiger partial charge in [-0.15, -0.1) is 34.9 Å². The standard InChI is InChI=1S/C14H14OS3/c1-2-5-12(6-3-1)14(17-10-15-11-18-14)9-13-7-4-8-16-13/h1-8H,9-11H2. The molecule has 1 aliphatic rings. The molecule has 1 aliphatic heterocycles. The molecule has 0 radical (unpaired) electrons. The van der Waals surface area contributed by atoms with Crippen LogP contribution in [0.25, 0.3) is 0 Å². The van der Waals surface area contributed by atoms with Crippen molar-refractivity contribution in [1.82, 2.24) is 0 Å². The molecular formula is C14H14OS3. The molecule has 0 aliphatic carbocycles.